The van der Waals surface area contributed by atoms with Gasteiger partial charge in [-0.05, 0) is 36.8 Å². The highest BCUT2D eigenvalue weighted by molar-refractivity contribution is 7.89. The van der Waals surface area contributed by atoms with Crippen LogP contribution in [0.4, 0.5) is 5.69 Å². The normalized spacial score (nSPS) is 25.8. The number of nitro groups is 1. The molecule has 1 aliphatic heterocycles. The molecule has 0 bridgehead atoms. The second-order valence-electron chi connectivity index (χ2n) is 6.33. The maximum atomic E-state index is 12.8. The number of fused-ring (bicyclic) bond motifs is 1. The van der Waals surface area contributed by atoms with Crippen LogP contribution in [0.25, 0.3) is 0 Å². The van der Waals surface area contributed by atoms with E-state index in [1.807, 2.05) is 0 Å². The van der Waals surface area contributed by atoms with E-state index in [-0.39, 0.29) is 15.6 Å². The van der Waals surface area contributed by atoms with Crippen molar-refractivity contribution in [2.75, 3.05) is 13.1 Å². The monoisotopic (exact) mass is 358 g/mol. The van der Waals surface area contributed by atoms with Gasteiger partial charge in [0.15, 0.2) is 0 Å². The third kappa shape index (κ3) is 3.22. The summed E-state index contributed by atoms with van der Waals surface area (Å²) in [5.74, 6) is 1.03. The zero-order chi connectivity index (χ0) is 16.6. The fourth-order valence-corrected chi connectivity index (χ4v) is 5.45. The molecule has 1 aromatic carbocycles. The van der Waals surface area contributed by atoms with Gasteiger partial charge in [0, 0.05) is 19.2 Å². The Bertz CT molecular complexity index is 722. The van der Waals surface area contributed by atoms with Crippen LogP contribution in [0, 0.1) is 22.0 Å². The first kappa shape index (κ1) is 16.7. The number of sulfonamides is 1. The van der Waals surface area contributed by atoms with Gasteiger partial charge in [-0.15, -0.1) is 0 Å². The highest BCUT2D eigenvalue weighted by Gasteiger charge is 2.37. The molecule has 0 aromatic heterocycles. The molecule has 1 aliphatic carbocycles. The maximum Gasteiger partial charge on any atom is 0.289 e. The molecule has 2 fully saturated rings. The summed E-state index contributed by atoms with van der Waals surface area (Å²) in [7, 11) is -3.72. The van der Waals surface area contributed by atoms with Crippen molar-refractivity contribution >= 4 is 27.3 Å². The first-order valence-corrected chi connectivity index (χ1v) is 9.65. The molecule has 6 nitrogen and oxygen atoms in total. The van der Waals surface area contributed by atoms with Gasteiger partial charge in [0.1, 0.15) is 5.02 Å². The van der Waals surface area contributed by atoms with Crippen molar-refractivity contribution < 1.29 is 13.3 Å². The summed E-state index contributed by atoms with van der Waals surface area (Å²) in [6.07, 6.45) is 5.51. The van der Waals surface area contributed by atoms with Gasteiger partial charge in [0.25, 0.3) is 5.69 Å². The fourth-order valence-electron chi connectivity index (χ4n) is 3.73. The van der Waals surface area contributed by atoms with E-state index in [0.717, 1.165) is 25.3 Å². The third-order valence-corrected chi connectivity index (χ3v) is 7.19. The smallest absolute Gasteiger partial charge is 0.258 e. The van der Waals surface area contributed by atoms with Crippen molar-refractivity contribution in [3.63, 3.8) is 0 Å². The quantitative estimate of drug-likeness (QED) is 0.612. The lowest BCUT2D eigenvalue weighted by atomic mass is 9.76. The molecule has 0 spiro atoms. The van der Waals surface area contributed by atoms with Crippen LogP contribution in [0.2, 0.25) is 5.02 Å². The SMILES string of the molecule is O=[N+]([O-])c1cc(S(=O)(=O)N2CC[C@H]3CCCC[C@@H]3C2)ccc1Cl. The van der Waals surface area contributed by atoms with Crippen molar-refractivity contribution in [3.05, 3.63) is 33.3 Å². The molecule has 1 saturated heterocycles. The Hall–Kier alpha value is -1.18. The summed E-state index contributed by atoms with van der Waals surface area (Å²) < 4.78 is 27.1. The summed E-state index contributed by atoms with van der Waals surface area (Å²) in [6.45, 7) is 1.00. The molecule has 1 saturated carbocycles. The summed E-state index contributed by atoms with van der Waals surface area (Å²) in [6, 6.07) is 3.68. The van der Waals surface area contributed by atoms with Gasteiger partial charge in [0.05, 0.1) is 9.82 Å². The zero-order valence-electron chi connectivity index (χ0n) is 12.7. The second kappa shape index (κ2) is 6.37. The Balaban J connectivity index is 1.87. The van der Waals surface area contributed by atoms with E-state index < -0.39 is 14.9 Å². The highest BCUT2D eigenvalue weighted by atomic mass is 35.5. The molecule has 0 amide bonds. The lowest BCUT2D eigenvalue weighted by Crippen LogP contribution is -2.44. The molecule has 1 aromatic rings. The van der Waals surface area contributed by atoms with Gasteiger partial charge in [-0.25, -0.2) is 8.42 Å². The van der Waals surface area contributed by atoms with Crippen molar-refractivity contribution in [3.8, 4) is 0 Å². The number of rotatable bonds is 3. The minimum Gasteiger partial charge on any atom is -0.258 e. The lowest BCUT2D eigenvalue weighted by Gasteiger charge is -2.40. The number of nitrogens with zero attached hydrogens (tertiary/aromatic N) is 2. The second-order valence-corrected chi connectivity index (χ2v) is 8.67. The Morgan fingerprint density at radius 1 is 1.17 bits per heavy atom. The zero-order valence-corrected chi connectivity index (χ0v) is 14.2. The van der Waals surface area contributed by atoms with Gasteiger partial charge < -0.3 is 0 Å². The van der Waals surface area contributed by atoms with Gasteiger partial charge in [-0.1, -0.05) is 30.9 Å². The van der Waals surface area contributed by atoms with Gasteiger partial charge in [-0.2, -0.15) is 4.31 Å². The molecule has 2 aliphatic rings. The topological polar surface area (TPSA) is 80.5 Å². The van der Waals surface area contributed by atoms with E-state index in [0.29, 0.717) is 24.9 Å². The van der Waals surface area contributed by atoms with E-state index in [4.69, 9.17) is 11.6 Å². The lowest BCUT2D eigenvalue weighted by molar-refractivity contribution is -0.384. The number of benzene rings is 1. The van der Waals surface area contributed by atoms with Crippen molar-refractivity contribution in [1.82, 2.24) is 4.31 Å². The molecular weight excluding hydrogens is 340 g/mol. The van der Waals surface area contributed by atoms with Crippen LogP contribution in [0.5, 0.6) is 0 Å². The molecule has 3 rings (SSSR count). The highest BCUT2D eigenvalue weighted by Crippen LogP contribution is 2.38. The van der Waals surface area contributed by atoms with Crippen molar-refractivity contribution in [2.45, 2.75) is 37.0 Å². The van der Waals surface area contributed by atoms with E-state index in [1.54, 1.807) is 0 Å². The average Bonchev–Trinajstić information content (AvgIpc) is 2.54. The van der Waals surface area contributed by atoms with Gasteiger partial charge in [0.2, 0.25) is 10.0 Å². The van der Waals surface area contributed by atoms with Crippen LogP contribution in [0.15, 0.2) is 23.1 Å². The summed E-state index contributed by atoms with van der Waals surface area (Å²) in [5, 5.41) is 10.9. The van der Waals surface area contributed by atoms with Gasteiger partial charge >= 0.3 is 0 Å². The average molecular weight is 359 g/mol. The standard InChI is InChI=1S/C15H19ClN2O4S/c16-14-6-5-13(9-15(14)18(19)20)23(21,22)17-8-7-11-3-1-2-4-12(11)10-17/h5-6,9,11-12H,1-4,7-8,10H2/t11-,12-/m1/s1. The predicted octanol–water partition coefficient (Wildman–Crippen LogP) is 3.45. The molecule has 0 N–H and O–H groups in total. The number of nitro benzene ring substituents is 1. The summed E-state index contributed by atoms with van der Waals surface area (Å²) in [4.78, 5) is 10.3. The number of piperidine rings is 1. The van der Waals surface area contributed by atoms with Crippen molar-refractivity contribution in [1.29, 1.82) is 0 Å². The van der Waals surface area contributed by atoms with Crippen molar-refractivity contribution in [2.24, 2.45) is 11.8 Å². The largest absolute Gasteiger partial charge is 0.289 e. The first-order chi connectivity index (χ1) is 10.9. The Labute approximate surface area is 140 Å². The Morgan fingerprint density at radius 3 is 2.57 bits per heavy atom. The fraction of sp³-hybridized carbons (Fsp3) is 0.600. The van der Waals surface area contributed by atoms with Crippen LogP contribution < -0.4 is 0 Å². The molecule has 23 heavy (non-hydrogen) atoms. The van der Waals surface area contributed by atoms with E-state index in [2.05, 4.69) is 0 Å². The minimum absolute atomic E-state index is 0.0529. The molecule has 126 valence electrons. The number of hydrogen-bond acceptors (Lipinski definition) is 4. The molecule has 0 radical (unpaired) electrons. The Morgan fingerprint density at radius 2 is 1.87 bits per heavy atom. The van der Waals surface area contributed by atoms with Crippen LogP contribution >= 0.6 is 11.6 Å². The molecule has 2 atom stereocenters. The number of halogens is 1. The van der Waals surface area contributed by atoms with Crippen LogP contribution in [-0.2, 0) is 10.0 Å². The predicted molar refractivity (Wildman–Crippen MR) is 86.9 cm³/mol. The maximum absolute atomic E-state index is 12.8. The first-order valence-electron chi connectivity index (χ1n) is 7.83. The van der Waals surface area contributed by atoms with Gasteiger partial charge in [-0.3, -0.25) is 10.1 Å². The van der Waals surface area contributed by atoms with Crippen LogP contribution in [0.3, 0.4) is 0 Å². The van der Waals surface area contributed by atoms with E-state index in [9.17, 15) is 18.5 Å². The summed E-state index contributed by atoms with van der Waals surface area (Å²) in [5.41, 5.74) is -0.375. The Kier molecular flexibility index (Phi) is 4.62. The summed E-state index contributed by atoms with van der Waals surface area (Å²) >= 11 is 5.77. The molecule has 8 heteroatoms. The van der Waals surface area contributed by atoms with Crippen LogP contribution in [-0.4, -0.2) is 30.7 Å². The molecule has 0 unspecified atom stereocenters. The third-order valence-electron chi connectivity index (χ3n) is 5.01. The number of hydrogen-bond donors (Lipinski definition) is 0. The minimum atomic E-state index is -3.72. The van der Waals surface area contributed by atoms with Crippen LogP contribution in [0.1, 0.15) is 32.1 Å². The van der Waals surface area contributed by atoms with E-state index in [1.165, 1.54) is 29.3 Å². The molecular formula is C15H19ClN2O4S. The molecule has 1 heterocycles. The van der Waals surface area contributed by atoms with E-state index >= 15 is 0 Å².